The third-order valence-electron chi connectivity index (χ3n) is 5.80. The van der Waals surface area contributed by atoms with Crippen LogP contribution in [0.3, 0.4) is 0 Å². The molecular formula is C18H16Br2N2O5. The molecule has 27 heavy (non-hydrogen) atoms. The number of carbonyl (C=O) groups is 4. The minimum absolute atomic E-state index is 0.106. The first kappa shape index (κ1) is 18.6. The van der Waals surface area contributed by atoms with Crippen molar-refractivity contribution in [3.63, 3.8) is 0 Å². The number of nitrogens with one attached hydrogen (secondary N) is 1. The topological polar surface area (TPSA) is 104 Å². The fraction of sp³-hybridized carbons (Fsp3) is 0.444. The van der Waals surface area contributed by atoms with E-state index in [-0.39, 0.29) is 57.2 Å². The molecule has 3 fully saturated rings. The van der Waals surface area contributed by atoms with Gasteiger partial charge in [-0.25, -0.2) is 4.79 Å². The van der Waals surface area contributed by atoms with Gasteiger partial charge < -0.3 is 10.4 Å². The van der Waals surface area contributed by atoms with Gasteiger partial charge in [-0.2, -0.15) is 0 Å². The lowest BCUT2D eigenvalue weighted by Gasteiger charge is -2.28. The van der Waals surface area contributed by atoms with Crippen LogP contribution in [0.4, 0.5) is 5.69 Å². The molecule has 1 aromatic carbocycles. The van der Waals surface area contributed by atoms with Gasteiger partial charge in [0.1, 0.15) is 6.54 Å². The van der Waals surface area contributed by atoms with Crippen LogP contribution in [0, 0.1) is 23.7 Å². The normalized spacial score (nSPS) is 34.1. The molecule has 0 aromatic heterocycles. The van der Waals surface area contributed by atoms with Crippen molar-refractivity contribution in [3.8, 4) is 0 Å². The molecule has 9 heteroatoms. The second kappa shape index (κ2) is 6.70. The maximum absolute atomic E-state index is 12.8. The summed E-state index contributed by atoms with van der Waals surface area (Å²) in [5.41, 5.74) is 0.514. The zero-order chi connectivity index (χ0) is 19.5. The lowest BCUT2D eigenvalue weighted by atomic mass is 9.81. The lowest BCUT2D eigenvalue weighted by molar-refractivity contribution is -0.143. The molecule has 1 aliphatic heterocycles. The molecule has 1 saturated heterocycles. The number of benzene rings is 1. The Balaban J connectivity index is 1.44. The van der Waals surface area contributed by atoms with Crippen molar-refractivity contribution < 1.29 is 24.3 Å². The molecule has 3 aliphatic rings. The first-order valence-corrected chi connectivity index (χ1v) is 10.4. The summed E-state index contributed by atoms with van der Waals surface area (Å²) in [7, 11) is 0. The van der Waals surface area contributed by atoms with Crippen LogP contribution in [0.1, 0.15) is 16.8 Å². The van der Waals surface area contributed by atoms with Gasteiger partial charge in [0.15, 0.2) is 0 Å². The van der Waals surface area contributed by atoms with Gasteiger partial charge in [0.25, 0.3) is 0 Å². The Morgan fingerprint density at radius 1 is 1.04 bits per heavy atom. The molecule has 2 aliphatic carbocycles. The number of halogens is 2. The molecule has 0 unspecified atom stereocenters. The molecule has 2 saturated carbocycles. The van der Waals surface area contributed by atoms with Crippen molar-refractivity contribution in [1.29, 1.82) is 0 Å². The van der Waals surface area contributed by atoms with Crippen molar-refractivity contribution in [3.05, 3.63) is 29.8 Å². The van der Waals surface area contributed by atoms with E-state index >= 15 is 0 Å². The molecule has 142 valence electrons. The number of alkyl halides is 2. The Labute approximate surface area is 171 Å². The SMILES string of the molecule is O=C(CN1C(=O)[C@@H]2[C@H]3C[C@@H]([C@H](Br)[C@H]3Br)[C@@H]2C1=O)Nc1ccc(C(=O)O)cc1. The zero-order valence-electron chi connectivity index (χ0n) is 14.0. The van der Waals surface area contributed by atoms with Crippen LogP contribution in [0.5, 0.6) is 0 Å². The molecule has 1 aromatic rings. The maximum Gasteiger partial charge on any atom is 0.335 e. The van der Waals surface area contributed by atoms with E-state index in [0.717, 1.165) is 11.3 Å². The standard InChI is InChI=1S/C18H16Br2N2O5/c19-14-9-5-10(15(14)20)13-12(9)16(24)22(17(13)25)6-11(23)21-8-3-1-7(2-4-8)18(26)27/h1-4,9-10,12-15H,5-6H2,(H,21,23)(H,26,27)/t9-,10-,12-,13+,14+,15+/m1/s1. The summed E-state index contributed by atoms with van der Waals surface area (Å²) in [5.74, 6) is -2.55. The summed E-state index contributed by atoms with van der Waals surface area (Å²) in [5, 5.41) is 11.5. The number of carbonyl (C=O) groups excluding carboxylic acids is 3. The van der Waals surface area contributed by atoms with Gasteiger partial charge in [0, 0.05) is 15.3 Å². The Morgan fingerprint density at radius 3 is 2.04 bits per heavy atom. The number of amides is 3. The quantitative estimate of drug-likeness (QED) is 0.487. The predicted molar refractivity (Wildman–Crippen MR) is 103 cm³/mol. The number of aromatic carboxylic acids is 1. The lowest BCUT2D eigenvalue weighted by Crippen LogP contribution is -2.39. The van der Waals surface area contributed by atoms with Crippen LogP contribution in [0.15, 0.2) is 24.3 Å². The molecule has 0 spiro atoms. The highest BCUT2D eigenvalue weighted by molar-refractivity contribution is 9.12. The number of imide groups is 1. The van der Waals surface area contributed by atoms with E-state index in [1.54, 1.807) is 0 Å². The summed E-state index contributed by atoms with van der Waals surface area (Å²) in [6.45, 7) is -0.329. The second-order valence-corrected chi connectivity index (χ2v) is 9.31. The van der Waals surface area contributed by atoms with Crippen LogP contribution in [-0.2, 0) is 14.4 Å². The van der Waals surface area contributed by atoms with Crippen LogP contribution in [-0.4, -0.2) is 49.9 Å². The number of fused-ring (bicyclic) bond motifs is 5. The number of carboxylic acids is 1. The van der Waals surface area contributed by atoms with Gasteiger partial charge in [0.05, 0.1) is 17.4 Å². The maximum atomic E-state index is 12.8. The summed E-state index contributed by atoms with van der Waals surface area (Å²) in [6, 6.07) is 5.68. The molecular weight excluding hydrogens is 484 g/mol. The van der Waals surface area contributed by atoms with Gasteiger partial charge in [-0.3, -0.25) is 19.3 Å². The summed E-state index contributed by atoms with van der Waals surface area (Å²) in [6.07, 6.45) is 0.842. The average molecular weight is 500 g/mol. The van der Waals surface area contributed by atoms with Gasteiger partial charge in [-0.05, 0) is 42.5 Å². The summed E-state index contributed by atoms with van der Waals surface area (Å²) < 4.78 is 0. The fourth-order valence-corrected chi connectivity index (χ4v) is 6.48. The molecule has 0 radical (unpaired) electrons. The van der Waals surface area contributed by atoms with Crippen molar-refractivity contribution in [2.45, 2.75) is 16.1 Å². The number of nitrogens with zero attached hydrogens (tertiary/aromatic N) is 1. The Morgan fingerprint density at radius 2 is 1.56 bits per heavy atom. The summed E-state index contributed by atoms with van der Waals surface area (Å²) in [4.78, 5) is 50.1. The third-order valence-corrected chi connectivity index (χ3v) is 9.00. The number of likely N-dealkylation sites (tertiary alicyclic amines) is 1. The van der Waals surface area contributed by atoms with E-state index in [0.29, 0.717) is 5.69 Å². The van der Waals surface area contributed by atoms with E-state index in [2.05, 4.69) is 37.2 Å². The minimum Gasteiger partial charge on any atom is -0.478 e. The van der Waals surface area contributed by atoms with Gasteiger partial charge in [0.2, 0.25) is 17.7 Å². The smallest absolute Gasteiger partial charge is 0.335 e. The predicted octanol–water partition coefficient (Wildman–Crippen LogP) is 2.10. The number of hydrogen-bond acceptors (Lipinski definition) is 4. The molecule has 2 N–H and O–H groups in total. The molecule has 4 rings (SSSR count). The minimum atomic E-state index is -1.06. The second-order valence-electron chi connectivity index (χ2n) is 7.20. The molecule has 2 bridgehead atoms. The first-order chi connectivity index (χ1) is 12.8. The monoisotopic (exact) mass is 498 g/mol. The highest BCUT2D eigenvalue weighted by Crippen LogP contribution is 2.60. The van der Waals surface area contributed by atoms with Gasteiger partial charge in [-0.1, -0.05) is 31.9 Å². The number of hydrogen-bond donors (Lipinski definition) is 2. The van der Waals surface area contributed by atoms with Crippen molar-refractivity contribution >= 4 is 61.2 Å². The van der Waals surface area contributed by atoms with Crippen molar-refractivity contribution in [1.82, 2.24) is 4.90 Å². The largest absolute Gasteiger partial charge is 0.478 e. The first-order valence-electron chi connectivity index (χ1n) is 8.56. The van der Waals surface area contributed by atoms with Crippen LogP contribution < -0.4 is 5.32 Å². The van der Waals surface area contributed by atoms with E-state index in [1.165, 1.54) is 24.3 Å². The number of anilines is 1. The Kier molecular flexibility index (Phi) is 4.62. The average Bonchev–Trinajstić information content (AvgIpc) is 3.23. The van der Waals surface area contributed by atoms with E-state index in [4.69, 9.17) is 5.11 Å². The van der Waals surface area contributed by atoms with Crippen LogP contribution >= 0.6 is 31.9 Å². The Bertz CT molecular complexity index is 811. The Hall–Kier alpha value is -1.74. The zero-order valence-corrected chi connectivity index (χ0v) is 17.1. The van der Waals surface area contributed by atoms with Crippen molar-refractivity contribution in [2.75, 3.05) is 11.9 Å². The number of rotatable bonds is 4. The molecule has 1 heterocycles. The van der Waals surface area contributed by atoms with Crippen molar-refractivity contribution in [2.24, 2.45) is 23.7 Å². The summed E-state index contributed by atoms with van der Waals surface area (Å²) >= 11 is 7.25. The van der Waals surface area contributed by atoms with Gasteiger partial charge in [-0.15, -0.1) is 0 Å². The van der Waals surface area contributed by atoms with E-state index in [9.17, 15) is 19.2 Å². The number of carboxylic acid groups (broad SMARTS) is 1. The van der Waals surface area contributed by atoms with Crippen LogP contribution in [0.2, 0.25) is 0 Å². The van der Waals surface area contributed by atoms with E-state index in [1.807, 2.05) is 0 Å². The third kappa shape index (κ3) is 2.91. The highest BCUT2D eigenvalue weighted by Gasteiger charge is 2.66. The van der Waals surface area contributed by atoms with Crippen LogP contribution in [0.25, 0.3) is 0 Å². The van der Waals surface area contributed by atoms with Gasteiger partial charge >= 0.3 is 5.97 Å². The highest BCUT2D eigenvalue weighted by atomic mass is 79.9. The molecule has 7 nitrogen and oxygen atoms in total. The molecule has 3 amide bonds. The molecule has 6 atom stereocenters. The fourth-order valence-electron chi connectivity index (χ4n) is 4.61. The van der Waals surface area contributed by atoms with E-state index < -0.39 is 11.9 Å².